The van der Waals surface area contributed by atoms with Crippen LogP contribution in [-0.2, 0) is 6.42 Å². The zero-order valence-corrected chi connectivity index (χ0v) is 8.39. The van der Waals surface area contributed by atoms with E-state index in [1.165, 1.54) is 12.1 Å². The lowest BCUT2D eigenvalue weighted by Gasteiger charge is -2.05. The second-order valence-electron chi connectivity index (χ2n) is 3.39. The van der Waals surface area contributed by atoms with Crippen LogP contribution >= 0.6 is 0 Å². The third-order valence-electron chi connectivity index (χ3n) is 2.03. The number of halogens is 1. The predicted octanol–water partition coefficient (Wildman–Crippen LogP) is 3.67. The summed E-state index contributed by atoms with van der Waals surface area (Å²) in [4.78, 5) is 3.84. The third kappa shape index (κ3) is 2.80. The van der Waals surface area contributed by atoms with E-state index in [1.807, 2.05) is 6.92 Å². The van der Waals surface area contributed by atoms with Crippen LogP contribution in [0.25, 0.3) is 0 Å². The maximum absolute atomic E-state index is 12.9. The van der Waals surface area contributed by atoms with E-state index in [2.05, 4.69) is 18.3 Å². The van der Waals surface area contributed by atoms with E-state index in [0.717, 1.165) is 29.7 Å². The van der Waals surface area contributed by atoms with Gasteiger partial charge in [0.1, 0.15) is 5.82 Å². The summed E-state index contributed by atoms with van der Waals surface area (Å²) in [6, 6.07) is 4.55. The highest BCUT2D eigenvalue weighted by Crippen LogP contribution is 2.22. The molecule has 0 aliphatic carbocycles. The van der Waals surface area contributed by atoms with Gasteiger partial charge in [0.25, 0.3) is 0 Å². The van der Waals surface area contributed by atoms with Gasteiger partial charge < -0.3 is 0 Å². The molecule has 0 aliphatic heterocycles. The average Bonchev–Trinajstić information content (AvgIpc) is 2.15. The van der Waals surface area contributed by atoms with Crippen molar-refractivity contribution in [3.63, 3.8) is 0 Å². The fraction of sp³-hybridized carbons (Fsp3) is 0.250. The van der Waals surface area contributed by atoms with Crippen LogP contribution in [0.1, 0.15) is 18.9 Å². The molecule has 0 radical (unpaired) electrons. The van der Waals surface area contributed by atoms with Gasteiger partial charge in [0, 0.05) is 0 Å². The molecule has 0 amide bonds. The summed E-state index contributed by atoms with van der Waals surface area (Å²) in [6.07, 6.45) is 1.62. The Morgan fingerprint density at radius 1 is 1.50 bits per heavy atom. The van der Waals surface area contributed by atoms with E-state index >= 15 is 0 Å². The highest BCUT2D eigenvalue weighted by Gasteiger charge is 2.02. The van der Waals surface area contributed by atoms with E-state index in [0.29, 0.717) is 0 Å². The average molecular weight is 191 g/mol. The molecule has 0 atom stereocenters. The molecule has 14 heavy (non-hydrogen) atoms. The Morgan fingerprint density at radius 2 is 2.21 bits per heavy atom. The molecular weight excluding hydrogens is 177 g/mol. The molecule has 0 unspecified atom stereocenters. The molecular formula is C12H14FN. The Labute approximate surface area is 84.0 Å². The van der Waals surface area contributed by atoms with Crippen LogP contribution in [0.2, 0.25) is 0 Å². The highest BCUT2D eigenvalue weighted by molar-refractivity contribution is 5.51. The van der Waals surface area contributed by atoms with Crippen LogP contribution in [0.15, 0.2) is 35.3 Å². The Kier molecular flexibility index (Phi) is 3.57. The summed E-state index contributed by atoms with van der Waals surface area (Å²) in [7, 11) is 0. The molecule has 0 N–H and O–H groups in total. The molecule has 0 fully saturated rings. The standard InChI is InChI=1S/C12H14FN/c1-9(2)4-5-10-8-11(13)6-7-12(10)14-3/h6-8H,1,3-5H2,2H3. The maximum atomic E-state index is 12.9. The van der Waals surface area contributed by atoms with Crippen molar-refractivity contribution in [2.45, 2.75) is 19.8 Å². The predicted molar refractivity (Wildman–Crippen MR) is 58.7 cm³/mol. The molecule has 0 bridgehead atoms. The summed E-state index contributed by atoms with van der Waals surface area (Å²) >= 11 is 0. The van der Waals surface area contributed by atoms with Crippen LogP contribution in [0, 0.1) is 5.82 Å². The zero-order valence-electron chi connectivity index (χ0n) is 8.39. The first kappa shape index (κ1) is 10.6. The van der Waals surface area contributed by atoms with Crippen molar-refractivity contribution >= 4 is 12.4 Å². The first-order valence-electron chi connectivity index (χ1n) is 4.53. The molecule has 0 saturated carbocycles. The Bertz CT molecular complexity index is 355. The zero-order chi connectivity index (χ0) is 10.6. The van der Waals surface area contributed by atoms with Crippen molar-refractivity contribution in [3.05, 3.63) is 41.7 Å². The minimum atomic E-state index is -0.228. The summed E-state index contributed by atoms with van der Waals surface area (Å²) in [6.45, 7) is 9.22. The molecule has 1 aromatic carbocycles. The molecule has 1 nitrogen and oxygen atoms in total. The molecule has 2 heteroatoms. The van der Waals surface area contributed by atoms with Crippen molar-refractivity contribution in [2.24, 2.45) is 4.99 Å². The molecule has 74 valence electrons. The first-order chi connectivity index (χ1) is 6.63. The van der Waals surface area contributed by atoms with Gasteiger partial charge in [0.05, 0.1) is 5.69 Å². The number of nitrogens with zero attached hydrogens (tertiary/aromatic N) is 1. The van der Waals surface area contributed by atoms with Crippen LogP contribution in [0.5, 0.6) is 0 Å². The maximum Gasteiger partial charge on any atom is 0.123 e. The summed E-state index contributed by atoms with van der Waals surface area (Å²) < 4.78 is 12.9. The van der Waals surface area contributed by atoms with Gasteiger partial charge in [-0.25, -0.2) is 4.39 Å². The van der Waals surface area contributed by atoms with Crippen LogP contribution in [0.3, 0.4) is 0 Å². The van der Waals surface area contributed by atoms with Gasteiger partial charge in [-0.05, 0) is 50.2 Å². The van der Waals surface area contributed by atoms with Gasteiger partial charge in [0.15, 0.2) is 0 Å². The van der Waals surface area contributed by atoms with E-state index in [4.69, 9.17) is 0 Å². The number of aryl methyl sites for hydroxylation is 1. The van der Waals surface area contributed by atoms with E-state index < -0.39 is 0 Å². The molecule has 0 aromatic heterocycles. The smallest absolute Gasteiger partial charge is 0.123 e. The van der Waals surface area contributed by atoms with Crippen molar-refractivity contribution in [1.82, 2.24) is 0 Å². The second kappa shape index (κ2) is 4.70. The molecule has 1 aromatic rings. The quantitative estimate of drug-likeness (QED) is 0.508. The summed E-state index contributed by atoms with van der Waals surface area (Å²) in [5.41, 5.74) is 2.74. The fourth-order valence-corrected chi connectivity index (χ4v) is 1.26. The van der Waals surface area contributed by atoms with Gasteiger partial charge in [-0.1, -0.05) is 5.57 Å². The molecule has 0 saturated heterocycles. The second-order valence-corrected chi connectivity index (χ2v) is 3.39. The molecule has 0 spiro atoms. The van der Waals surface area contributed by atoms with E-state index in [1.54, 1.807) is 6.07 Å². The van der Waals surface area contributed by atoms with E-state index in [-0.39, 0.29) is 5.82 Å². The number of aliphatic imine (C=N–C) groups is 1. The number of hydrogen-bond acceptors (Lipinski definition) is 1. The van der Waals surface area contributed by atoms with Crippen molar-refractivity contribution in [3.8, 4) is 0 Å². The normalized spacial score (nSPS) is 9.86. The fourth-order valence-electron chi connectivity index (χ4n) is 1.26. The molecule has 0 heterocycles. The summed E-state index contributed by atoms with van der Waals surface area (Å²) in [5, 5.41) is 0. The Balaban J connectivity index is 2.87. The highest BCUT2D eigenvalue weighted by atomic mass is 19.1. The Hall–Kier alpha value is -1.44. The SMILES string of the molecule is C=Nc1ccc(F)cc1CCC(=C)C. The van der Waals surface area contributed by atoms with Crippen molar-refractivity contribution in [2.75, 3.05) is 0 Å². The van der Waals surface area contributed by atoms with Gasteiger partial charge >= 0.3 is 0 Å². The van der Waals surface area contributed by atoms with Crippen molar-refractivity contribution in [1.29, 1.82) is 0 Å². The summed E-state index contributed by atoms with van der Waals surface area (Å²) in [5.74, 6) is -0.228. The van der Waals surface area contributed by atoms with Crippen LogP contribution in [0.4, 0.5) is 10.1 Å². The van der Waals surface area contributed by atoms with Crippen molar-refractivity contribution < 1.29 is 4.39 Å². The van der Waals surface area contributed by atoms with Gasteiger partial charge in [-0.2, -0.15) is 0 Å². The lowest BCUT2D eigenvalue weighted by atomic mass is 10.0. The minimum Gasteiger partial charge on any atom is -0.264 e. The third-order valence-corrected chi connectivity index (χ3v) is 2.03. The number of allylic oxidation sites excluding steroid dienone is 1. The largest absolute Gasteiger partial charge is 0.264 e. The Morgan fingerprint density at radius 3 is 2.79 bits per heavy atom. The van der Waals surface area contributed by atoms with E-state index in [9.17, 15) is 4.39 Å². The monoisotopic (exact) mass is 191 g/mol. The topological polar surface area (TPSA) is 12.4 Å². The molecule has 0 aliphatic rings. The van der Waals surface area contributed by atoms with Crippen LogP contribution < -0.4 is 0 Å². The van der Waals surface area contributed by atoms with Gasteiger partial charge in [-0.15, -0.1) is 6.58 Å². The molecule has 1 rings (SSSR count). The number of rotatable bonds is 4. The number of hydrogen-bond donors (Lipinski definition) is 0. The number of benzene rings is 1. The lowest BCUT2D eigenvalue weighted by molar-refractivity contribution is 0.625. The van der Waals surface area contributed by atoms with Gasteiger partial charge in [0.2, 0.25) is 0 Å². The van der Waals surface area contributed by atoms with Gasteiger partial charge in [-0.3, -0.25) is 4.99 Å². The minimum absolute atomic E-state index is 0.228. The lowest BCUT2D eigenvalue weighted by Crippen LogP contribution is -1.88. The van der Waals surface area contributed by atoms with Crippen LogP contribution in [-0.4, -0.2) is 6.72 Å². The first-order valence-corrected chi connectivity index (χ1v) is 4.53.